The molecule has 0 saturated carbocycles. The molecule has 8 heteroatoms. The molecule has 26 heavy (non-hydrogen) atoms. The molecule has 0 fully saturated rings. The standard InChI is InChI=1S/C18H18F4N2O2/c19-15-5-2-6-16(20)14(15)7-8-23-18(25)24-10-12-3-1-4-13(9-12)26-11-17(21)22/h1-6,9,17H,7-8,10-11H2,(H2,23,24,25). The number of ether oxygens (including phenoxy) is 1. The largest absolute Gasteiger partial charge is 0.488 e. The van der Waals surface area contributed by atoms with E-state index in [0.29, 0.717) is 5.56 Å². The van der Waals surface area contributed by atoms with E-state index in [1.807, 2.05) is 0 Å². The van der Waals surface area contributed by atoms with E-state index in [1.165, 1.54) is 18.2 Å². The van der Waals surface area contributed by atoms with Gasteiger partial charge in [-0.05, 0) is 36.2 Å². The van der Waals surface area contributed by atoms with Crippen LogP contribution in [0.2, 0.25) is 0 Å². The molecule has 0 radical (unpaired) electrons. The highest BCUT2D eigenvalue weighted by Gasteiger charge is 2.09. The third kappa shape index (κ3) is 6.27. The Balaban J connectivity index is 1.76. The predicted molar refractivity (Wildman–Crippen MR) is 88.2 cm³/mol. The summed E-state index contributed by atoms with van der Waals surface area (Å²) in [6.45, 7) is -0.503. The van der Waals surface area contributed by atoms with E-state index in [0.717, 1.165) is 12.1 Å². The van der Waals surface area contributed by atoms with Crippen molar-refractivity contribution in [3.63, 3.8) is 0 Å². The second-order valence-corrected chi connectivity index (χ2v) is 5.41. The van der Waals surface area contributed by atoms with Gasteiger partial charge in [-0.3, -0.25) is 0 Å². The molecule has 2 N–H and O–H groups in total. The van der Waals surface area contributed by atoms with Crippen LogP contribution in [0.1, 0.15) is 11.1 Å². The first-order chi connectivity index (χ1) is 12.5. The van der Waals surface area contributed by atoms with Gasteiger partial charge < -0.3 is 15.4 Å². The van der Waals surface area contributed by atoms with Gasteiger partial charge in [-0.15, -0.1) is 0 Å². The summed E-state index contributed by atoms with van der Waals surface area (Å²) in [5, 5.41) is 5.06. The number of halogens is 4. The highest BCUT2D eigenvalue weighted by Crippen LogP contribution is 2.14. The minimum Gasteiger partial charge on any atom is -0.488 e. The van der Waals surface area contributed by atoms with Crippen LogP contribution >= 0.6 is 0 Å². The average Bonchev–Trinajstić information content (AvgIpc) is 2.61. The maximum atomic E-state index is 13.5. The Morgan fingerprint density at radius 1 is 1.04 bits per heavy atom. The third-order valence-electron chi connectivity index (χ3n) is 3.45. The SMILES string of the molecule is O=C(NCCc1c(F)cccc1F)NCc1cccc(OCC(F)F)c1. The maximum absolute atomic E-state index is 13.5. The van der Waals surface area contributed by atoms with Crippen molar-refractivity contribution in [2.75, 3.05) is 13.2 Å². The van der Waals surface area contributed by atoms with E-state index in [9.17, 15) is 22.4 Å². The van der Waals surface area contributed by atoms with Gasteiger partial charge in [0.2, 0.25) is 0 Å². The van der Waals surface area contributed by atoms with Gasteiger partial charge in [0.15, 0.2) is 0 Å². The number of nitrogens with one attached hydrogen (secondary N) is 2. The van der Waals surface area contributed by atoms with Crippen molar-refractivity contribution in [2.24, 2.45) is 0 Å². The van der Waals surface area contributed by atoms with Crippen LogP contribution in [0.3, 0.4) is 0 Å². The lowest BCUT2D eigenvalue weighted by Gasteiger charge is -2.10. The van der Waals surface area contributed by atoms with E-state index in [1.54, 1.807) is 12.1 Å². The van der Waals surface area contributed by atoms with Crippen LogP contribution in [-0.4, -0.2) is 25.6 Å². The van der Waals surface area contributed by atoms with Crippen LogP contribution in [0.4, 0.5) is 22.4 Å². The number of amides is 2. The number of rotatable bonds is 8. The zero-order valence-electron chi connectivity index (χ0n) is 13.8. The first-order valence-electron chi connectivity index (χ1n) is 7.90. The fourth-order valence-electron chi connectivity index (χ4n) is 2.22. The summed E-state index contributed by atoms with van der Waals surface area (Å²) in [5.74, 6) is -1.04. The van der Waals surface area contributed by atoms with Gasteiger partial charge in [0.1, 0.15) is 24.0 Å². The summed E-state index contributed by atoms with van der Waals surface area (Å²) in [7, 11) is 0. The summed E-state index contributed by atoms with van der Waals surface area (Å²) in [5.41, 5.74) is 0.573. The van der Waals surface area contributed by atoms with Crippen molar-refractivity contribution in [1.82, 2.24) is 10.6 Å². The van der Waals surface area contributed by atoms with E-state index in [-0.39, 0.29) is 30.8 Å². The molecule has 2 amide bonds. The number of benzene rings is 2. The molecule has 0 aliphatic carbocycles. The Morgan fingerprint density at radius 3 is 2.42 bits per heavy atom. The molecule has 4 nitrogen and oxygen atoms in total. The molecular formula is C18H18F4N2O2. The summed E-state index contributed by atoms with van der Waals surface area (Å²) in [4.78, 5) is 11.7. The third-order valence-corrected chi connectivity index (χ3v) is 3.45. The topological polar surface area (TPSA) is 50.4 Å². The van der Waals surface area contributed by atoms with Crippen LogP contribution in [0.15, 0.2) is 42.5 Å². The second kappa shape index (κ2) is 9.65. The minimum absolute atomic E-state index is 0.0167. The first-order valence-corrected chi connectivity index (χ1v) is 7.90. The molecule has 0 spiro atoms. The highest BCUT2D eigenvalue weighted by atomic mass is 19.3. The lowest BCUT2D eigenvalue weighted by Crippen LogP contribution is -2.36. The van der Waals surface area contributed by atoms with Gasteiger partial charge in [0, 0.05) is 18.7 Å². The maximum Gasteiger partial charge on any atom is 0.315 e. The molecule has 0 heterocycles. The monoisotopic (exact) mass is 370 g/mol. The average molecular weight is 370 g/mol. The number of carbonyl (C=O) groups is 1. The lowest BCUT2D eigenvalue weighted by molar-refractivity contribution is 0.0818. The van der Waals surface area contributed by atoms with Crippen molar-refractivity contribution >= 4 is 6.03 Å². The van der Waals surface area contributed by atoms with Crippen LogP contribution in [-0.2, 0) is 13.0 Å². The molecule has 0 unspecified atom stereocenters. The quantitative estimate of drug-likeness (QED) is 0.697. The number of carbonyl (C=O) groups excluding carboxylic acids is 1. The second-order valence-electron chi connectivity index (χ2n) is 5.41. The molecule has 0 bridgehead atoms. The first kappa shape index (κ1) is 19.6. The fraction of sp³-hybridized carbons (Fsp3) is 0.278. The molecule has 0 aliphatic rings. The van der Waals surface area contributed by atoms with E-state index >= 15 is 0 Å². The molecule has 2 rings (SSSR count). The summed E-state index contributed by atoms with van der Waals surface area (Å²) in [6, 6.07) is 9.46. The van der Waals surface area contributed by atoms with Crippen molar-refractivity contribution in [1.29, 1.82) is 0 Å². The van der Waals surface area contributed by atoms with E-state index in [2.05, 4.69) is 10.6 Å². The van der Waals surface area contributed by atoms with Crippen molar-refractivity contribution in [2.45, 2.75) is 19.4 Å². The molecule has 0 aliphatic heterocycles. The minimum atomic E-state index is -2.57. The van der Waals surface area contributed by atoms with Gasteiger partial charge in [-0.2, -0.15) is 0 Å². The molecule has 0 aromatic heterocycles. The van der Waals surface area contributed by atoms with Crippen LogP contribution in [0.25, 0.3) is 0 Å². The Labute approximate surface area is 148 Å². The van der Waals surface area contributed by atoms with E-state index in [4.69, 9.17) is 4.74 Å². The lowest BCUT2D eigenvalue weighted by atomic mass is 10.1. The van der Waals surface area contributed by atoms with Crippen molar-refractivity contribution in [3.8, 4) is 5.75 Å². The zero-order valence-corrected chi connectivity index (χ0v) is 13.8. The number of hydrogen-bond donors (Lipinski definition) is 2. The number of alkyl halides is 2. The molecule has 2 aromatic rings. The fourth-order valence-corrected chi connectivity index (χ4v) is 2.22. The molecule has 0 atom stereocenters. The van der Waals surface area contributed by atoms with Gasteiger partial charge in [0.05, 0.1) is 0 Å². The molecule has 0 saturated heterocycles. The van der Waals surface area contributed by atoms with E-state index < -0.39 is 30.7 Å². The van der Waals surface area contributed by atoms with Crippen LogP contribution in [0, 0.1) is 11.6 Å². The van der Waals surface area contributed by atoms with Gasteiger partial charge in [-0.1, -0.05) is 18.2 Å². The summed E-state index contributed by atoms with van der Waals surface area (Å²) < 4.78 is 56.1. The van der Waals surface area contributed by atoms with Gasteiger partial charge in [0.25, 0.3) is 6.43 Å². The summed E-state index contributed by atoms with van der Waals surface area (Å²) >= 11 is 0. The van der Waals surface area contributed by atoms with Gasteiger partial charge in [-0.25, -0.2) is 22.4 Å². The molecule has 2 aromatic carbocycles. The summed E-state index contributed by atoms with van der Waals surface area (Å²) in [6.07, 6.45) is -2.55. The smallest absolute Gasteiger partial charge is 0.315 e. The number of hydrogen-bond acceptors (Lipinski definition) is 2. The number of urea groups is 1. The molecule has 140 valence electrons. The zero-order chi connectivity index (χ0) is 18.9. The van der Waals surface area contributed by atoms with Crippen LogP contribution in [0.5, 0.6) is 5.75 Å². The normalized spacial score (nSPS) is 10.7. The Morgan fingerprint density at radius 2 is 1.73 bits per heavy atom. The van der Waals surface area contributed by atoms with Gasteiger partial charge >= 0.3 is 6.03 Å². The Bertz CT molecular complexity index is 721. The highest BCUT2D eigenvalue weighted by molar-refractivity contribution is 5.73. The van der Waals surface area contributed by atoms with Crippen LogP contribution < -0.4 is 15.4 Å². The predicted octanol–water partition coefficient (Wildman–Crippen LogP) is 3.65. The molecular weight excluding hydrogens is 352 g/mol. The Hall–Kier alpha value is -2.77. The van der Waals surface area contributed by atoms with Crippen molar-refractivity contribution in [3.05, 3.63) is 65.2 Å². The Kier molecular flexibility index (Phi) is 7.25. The van der Waals surface area contributed by atoms with Crippen molar-refractivity contribution < 1.29 is 27.1 Å².